The molecular formula is C11H13NO4S2. The van der Waals surface area contributed by atoms with Gasteiger partial charge in [0.15, 0.2) is 0 Å². The highest BCUT2D eigenvalue weighted by Gasteiger charge is 2.40. The molecule has 0 saturated carbocycles. The van der Waals surface area contributed by atoms with Crippen LogP contribution in [-0.2, 0) is 14.8 Å². The molecule has 1 aliphatic rings. The Labute approximate surface area is 111 Å². The summed E-state index contributed by atoms with van der Waals surface area (Å²) < 4.78 is 30.2. The fraction of sp³-hybridized carbons (Fsp3) is 0.364. The Morgan fingerprint density at radius 2 is 1.94 bits per heavy atom. The molecule has 0 bridgehead atoms. The lowest BCUT2D eigenvalue weighted by Gasteiger charge is -2.14. The average Bonchev–Trinajstić information content (AvgIpc) is 2.55. The summed E-state index contributed by atoms with van der Waals surface area (Å²) in [4.78, 5) is 12.0. The molecule has 1 aromatic carbocycles. The third-order valence-electron chi connectivity index (χ3n) is 2.59. The molecule has 1 aliphatic heterocycles. The first-order valence-electron chi connectivity index (χ1n) is 5.43. The molecule has 1 aromatic rings. The molecule has 18 heavy (non-hydrogen) atoms. The first kappa shape index (κ1) is 13.4. The van der Waals surface area contributed by atoms with Crippen LogP contribution in [0.15, 0.2) is 29.2 Å². The smallest absolute Gasteiger partial charge is 0.269 e. The van der Waals surface area contributed by atoms with Crippen LogP contribution in [0.3, 0.4) is 0 Å². The van der Waals surface area contributed by atoms with Gasteiger partial charge in [-0.15, -0.1) is 0 Å². The van der Waals surface area contributed by atoms with Gasteiger partial charge in [0.1, 0.15) is 4.90 Å². The molecule has 0 spiro atoms. The van der Waals surface area contributed by atoms with Crippen LogP contribution in [0.5, 0.6) is 0 Å². The normalized spacial score (nSPS) is 16.9. The molecule has 1 heterocycles. The molecule has 0 aromatic heterocycles. The summed E-state index contributed by atoms with van der Waals surface area (Å²) in [5.41, 5.74) is 0.228. The molecule has 0 N–H and O–H groups in total. The average molecular weight is 287 g/mol. The number of nitrogens with zero attached hydrogens (tertiary/aromatic N) is 1. The van der Waals surface area contributed by atoms with Gasteiger partial charge in [-0.25, -0.2) is 12.7 Å². The Morgan fingerprint density at radius 3 is 2.61 bits per heavy atom. The van der Waals surface area contributed by atoms with Gasteiger partial charge in [-0.05, 0) is 12.1 Å². The number of ether oxygens (including phenoxy) is 1. The summed E-state index contributed by atoms with van der Waals surface area (Å²) in [6, 6.07) is 6.21. The van der Waals surface area contributed by atoms with E-state index in [2.05, 4.69) is 12.6 Å². The fourth-order valence-corrected chi connectivity index (χ4v) is 3.45. The van der Waals surface area contributed by atoms with E-state index < -0.39 is 15.9 Å². The minimum absolute atomic E-state index is 0.0314. The van der Waals surface area contributed by atoms with Crippen molar-refractivity contribution in [2.45, 2.75) is 4.90 Å². The van der Waals surface area contributed by atoms with Gasteiger partial charge in [-0.2, -0.15) is 12.6 Å². The standard InChI is InChI=1S/C11H13NO4S2/c13-11-9-3-1-2-4-10(9)18(14,15)12(11)5-6-16-7-8-17/h1-4,17H,5-8H2. The summed E-state index contributed by atoms with van der Waals surface area (Å²) in [7, 11) is -3.70. The van der Waals surface area contributed by atoms with Crippen LogP contribution >= 0.6 is 12.6 Å². The largest absolute Gasteiger partial charge is 0.379 e. The first-order valence-corrected chi connectivity index (χ1v) is 7.51. The van der Waals surface area contributed by atoms with E-state index in [1.54, 1.807) is 12.1 Å². The molecule has 0 aliphatic carbocycles. The van der Waals surface area contributed by atoms with Gasteiger partial charge in [-0.1, -0.05) is 12.1 Å². The van der Waals surface area contributed by atoms with E-state index in [1.165, 1.54) is 12.1 Å². The van der Waals surface area contributed by atoms with Crippen LogP contribution in [0.25, 0.3) is 0 Å². The Bertz CT molecular complexity index is 556. The second-order valence-corrected chi connectivity index (χ2v) is 5.99. The maximum atomic E-state index is 12.1. The number of rotatable bonds is 5. The molecule has 0 fully saturated rings. The summed E-state index contributed by atoms with van der Waals surface area (Å²) in [5.74, 6) is 0.0704. The number of carbonyl (C=O) groups excluding carboxylic acids is 1. The minimum Gasteiger partial charge on any atom is -0.379 e. The van der Waals surface area contributed by atoms with Crippen LogP contribution < -0.4 is 0 Å². The zero-order valence-corrected chi connectivity index (χ0v) is 11.3. The van der Waals surface area contributed by atoms with Gasteiger partial charge in [0, 0.05) is 5.75 Å². The highest BCUT2D eigenvalue weighted by Crippen LogP contribution is 2.29. The summed E-state index contributed by atoms with van der Waals surface area (Å²) in [6.45, 7) is 0.640. The van der Waals surface area contributed by atoms with Crippen molar-refractivity contribution in [1.82, 2.24) is 4.31 Å². The van der Waals surface area contributed by atoms with E-state index in [4.69, 9.17) is 4.74 Å². The van der Waals surface area contributed by atoms with Crippen molar-refractivity contribution in [1.29, 1.82) is 0 Å². The topological polar surface area (TPSA) is 63.7 Å². The lowest BCUT2D eigenvalue weighted by molar-refractivity contribution is 0.0812. The SMILES string of the molecule is O=C1c2ccccc2S(=O)(=O)N1CCOCCS. The van der Waals surface area contributed by atoms with E-state index in [9.17, 15) is 13.2 Å². The van der Waals surface area contributed by atoms with Crippen molar-refractivity contribution in [3.8, 4) is 0 Å². The predicted molar refractivity (Wildman–Crippen MR) is 69.3 cm³/mol. The van der Waals surface area contributed by atoms with E-state index in [1.807, 2.05) is 0 Å². The molecule has 5 nitrogen and oxygen atoms in total. The highest BCUT2D eigenvalue weighted by atomic mass is 32.2. The molecule has 0 radical (unpaired) electrons. The minimum atomic E-state index is -3.70. The van der Waals surface area contributed by atoms with Crippen molar-refractivity contribution in [3.63, 3.8) is 0 Å². The highest BCUT2D eigenvalue weighted by molar-refractivity contribution is 7.90. The number of sulfonamides is 1. The van der Waals surface area contributed by atoms with Gasteiger partial charge in [0.25, 0.3) is 15.9 Å². The Morgan fingerprint density at radius 1 is 1.22 bits per heavy atom. The number of hydrogen-bond acceptors (Lipinski definition) is 5. The van der Waals surface area contributed by atoms with Crippen molar-refractivity contribution >= 4 is 28.6 Å². The zero-order chi connectivity index (χ0) is 13.2. The second-order valence-electron chi connectivity index (χ2n) is 3.71. The summed E-state index contributed by atoms with van der Waals surface area (Å²) in [5, 5.41) is 0. The number of carbonyl (C=O) groups is 1. The quantitative estimate of drug-likeness (QED) is 0.642. The van der Waals surface area contributed by atoms with Crippen LogP contribution in [0.2, 0.25) is 0 Å². The van der Waals surface area contributed by atoms with Gasteiger partial charge >= 0.3 is 0 Å². The number of hydrogen-bond donors (Lipinski definition) is 1. The molecule has 98 valence electrons. The van der Waals surface area contributed by atoms with Crippen LogP contribution in [0, 0.1) is 0 Å². The number of thiol groups is 1. The Hall–Kier alpha value is -1.05. The zero-order valence-electron chi connectivity index (χ0n) is 9.57. The summed E-state index contributed by atoms with van der Waals surface area (Å²) in [6.07, 6.45) is 0. The van der Waals surface area contributed by atoms with Crippen molar-refractivity contribution < 1.29 is 17.9 Å². The summed E-state index contributed by atoms with van der Waals surface area (Å²) >= 11 is 3.97. The van der Waals surface area contributed by atoms with E-state index >= 15 is 0 Å². The van der Waals surface area contributed by atoms with E-state index in [-0.39, 0.29) is 23.6 Å². The lowest BCUT2D eigenvalue weighted by atomic mass is 10.2. The van der Waals surface area contributed by atoms with Gasteiger partial charge < -0.3 is 4.74 Å². The maximum Gasteiger partial charge on any atom is 0.269 e. The van der Waals surface area contributed by atoms with Crippen LogP contribution in [0.4, 0.5) is 0 Å². The second kappa shape index (κ2) is 5.29. The van der Waals surface area contributed by atoms with Gasteiger partial charge in [-0.3, -0.25) is 4.79 Å². The lowest BCUT2D eigenvalue weighted by Crippen LogP contribution is -2.33. The van der Waals surface area contributed by atoms with E-state index in [0.717, 1.165) is 4.31 Å². The molecule has 2 rings (SSSR count). The van der Waals surface area contributed by atoms with Gasteiger partial charge in [0.2, 0.25) is 0 Å². The monoisotopic (exact) mass is 287 g/mol. The first-order chi connectivity index (χ1) is 8.59. The number of fused-ring (bicyclic) bond motifs is 1. The van der Waals surface area contributed by atoms with Crippen molar-refractivity contribution in [3.05, 3.63) is 29.8 Å². The predicted octanol–water partition coefficient (Wildman–Crippen LogP) is 0.777. The molecular weight excluding hydrogens is 274 g/mol. The number of amides is 1. The van der Waals surface area contributed by atoms with Crippen LogP contribution in [-0.4, -0.2) is 44.1 Å². The maximum absolute atomic E-state index is 12.1. The number of benzene rings is 1. The van der Waals surface area contributed by atoms with E-state index in [0.29, 0.717) is 12.4 Å². The molecule has 0 atom stereocenters. The Kier molecular flexibility index (Phi) is 3.94. The van der Waals surface area contributed by atoms with Crippen LogP contribution in [0.1, 0.15) is 10.4 Å². The molecule has 0 saturated heterocycles. The van der Waals surface area contributed by atoms with Gasteiger partial charge in [0.05, 0.1) is 25.3 Å². The Balaban J connectivity index is 2.18. The molecule has 0 unspecified atom stereocenters. The third-order valence-corrected chi connectivity index (χ3v) is 4.61. The molecule has 1 amide bonds. The van der Waals surface area contributed by atoms with Crippen molar-refractivity contribution in [2.75, 3.05) is 25.5 Å². The molecule has 7 heteroatoms. The fourth-order valence-electron chi connectivity index (χ4n) is 1.77. The van der Waals surface area contributed by atoms with Crippen molar-refractivity contribution in [2.24, 2.45) is 0 Å². The third kappa shape index (κ3) is 2.25.